The first-order valence-corrected chi connectivity index (χ1v) is 3.40. The second-order valence-corrected chi connectivity index (χ2v) is 2.47. The van der Waals surface area contributed by atoms with Crippen molar-refractivity contribution in [1.82, 2.24) is 0 Å². The Morgan fingerprint density at radius 3 is 2.64 bits per heavy atom. The van der Waals surface area contributed by atoms with Crippen molar-refractivity contribution < 1.29 is 9.50 Å². The summed E-state index contributed by atoms with van der Waals surface area (Å²) in [5.41, 5.74) is 5.45. The van der Waals surface area contributed by atoms with Crippen molar-refractivity contribution in [2.75, 3.05) is 0 Å². The maximum absolute atomic E-state index is 12.6. The summed E-state index contributed by atoms with van der Waals surface area (Å²) in [7, 11) is 0. The molecule has 4 heteroatoms. The standard InChI is InChI=1S/C7H7ClFNO/c8-5-1-2-6(9)7(11)4(5)3-10/h1-2,11H,3,10H2. The van der Waals surface area contributed by atoms with Crippen LogP contribution in [0.1, 0.15) is 5.56 Å². The Balaban J connectivity index is 3.29. The fourth-order valence-electron chi connectivity index (χ4n) is 0.777. The second-order valence-electron chi connectivity index (χ2n) is 2.06. The van der Waals surface area contributed by atoms with Crippen molar-refractivity contribution in [2.24, 2.45) is 5.73 Å². The van der Waals surface area contributed by atoms with Gasteiger partial charge in [0.15, 0.2) is 11.6 Å². The van der Waals surface area contributed by atoms with Crippen LogP contribution in [0.25, 0.3) is 0 Å². The Kier molecular flexibility index (Phi) is 2.31. The molecule has 2 nitrogen and oxygen atoms in total. The van der Waals surface area contributed by atoms with Crippen LogP contribution in [0.4, 0.5) is 4.39 Å². The maximum Gasteiger partial charge on any atom is 0.165 e. The Bertz CT molecular complexity index is 277. The average Bonchev–Trinajstić information content (AvgIpc) is 1.99. The van der Waals surface area contributed by atoms with Gasteiger partial charge < -0.3 is 10.8 Å². The predicted molar refractivity (Wildman–Crippen MR) is 41.0 cm³/mol. The van der Waals surface area contributed by atoms with Gasteiger partial charge in [0.1, 0.15) is 0 Å². The SMILES string of the molecule is NCc1c(Cl)ccc(F)c1O. The highest BCUT2D eigenvalue weighted by Crippen LogP contribution is 2.27. The lowest BCUT2D eigenvalue weighted by atomic mass is 10.2. The molecule has 0 fully saturated rings. The molecular formula is C7H7ClFNO. The van der Waals surface area contributed by atoms with Crippen molar-refractivity contribution in [2.45, 2.75) is 6.54 Å². The monoisotopic (exact) mass is 175 g/mol. The van der Waals surface area contributed by atoms with Gasteiger partial charge in [0, 0.05) is 17.1 Å². The largest absolute Gasteiger partial charge is 0.505 e. The highest BCUT2D eigenvalue weighted by Gasteiger charge is 2.08. The maximum atomic E-state index is 12.6. The summed E-state index contributed by atoms with van der Waals surface area (Å²) in [5, 5.41) is 9.32. The molecule has 0 aromatic heterocycles. The molecule has 0 bridgehead atoms. The lowest BCUT2D eigenvalue weighted by Gasteiger charge is -2.03. The summed E-state index contributed by atoms with van der Waals surface area (Å²) in [6, 6.07) is 2.45. The van der Waals surface area contributed by atoms with Crippen LogP contribution in [0.2, 0.25) is 5.02 Å². The van der Waals surface area contributed by atoms with Gasteiger partial charge in [-0.1, -0.05) is 11.6 Å². The van der Waals surface area contributed by atoms with Crippen LogP contribution in [0.3, 0.4) is 0 Å². The first-order chi connectivity index (χ1) is 5.16. The van der Waals surface area contributed by atoms with Crippen molar-refractivity contribution in [3.8, 4) is 5.75 Å². The van der Waals surface area contributed by atoms with Gasteiger partial charge in [-0.05, 0) is 12.1 Å². The Hall–Kier alpha value is -0.800. The topological polar surface area (TPSA) is 46.2 Å². The van der Waals surface area contributed by atoms with E-state index in [1.54, 1.807) is 0 Å². The molecule has 0 aliphatic rings. The minimum Gasteiger partial charge on any atom is -0.505 e. The molecule has 0 saturated carbocycles. The fraction of sp³-hybridized carbons (Fsp3) is 0.143. The van der Waals surface area contributed by atoms with Gasteiger partial charge in [-0.15, -0.1) is 0 Å². The minimum absolute atomic E-state index is 0.0302. The van der Waals surface area contributed by atoms with Gasteiger partial charge in [0.05, 0.1) is 0 Å². The van der Waals surface area contributed by atoms with Crippen LogP contribution in [0.5, 0.6) is 5.75 Å². The molecule has 0 saturated heterocycles. The summed E-state index contributed by atoms with van der Waals surface area (Å²) in [6.45, 7) is 0.0302. The number of halogens is 2. The third kappa shape index (κ3) is 1.44. The molecule has 0 radical (unpaired) electrons. The van der Waals surface area contributed by atoms with Gasteiger partial charge in [-0.3, -0.25) is 0 Å². The van der Waals surface area contributed by atoms with E-state index in [0.29, 0.717) is 0 Å². The number of phenolic OH excluding ortho intramolecular Hbond substituents is 1. The number of benzene rings is 1. The van der Waals surface area contributed by atoms with Gasteiger partial charge in [-0.25, -0.2) is 4.39 Å². The van der Waals surface area contributed by atoms with E-state index >= 15 is 0 Å². The third-order valence-electron chi connectivity index (χ3n) is 1.38. The molecule has 1 aromatic rings. The number of phenols is 1. The number of hydrogen-bond donors (Lipinski definition) is 2. The third-order valence-corrected chi connectivity index (χ3v) is 1.73. The van der Waals surface area contributed by atoms with Crippen molar-refractivity contribution >= 4 is 11.6 Å². The molecule has 11 heavy (non-hydrogen) atoms. The van der Waals surface area contributed by atoms with Crippen molar-refractivity contribution in [1.29, 1.82) is 0 Å². The molecule has 3 N–H and O–H groups in total. The molecule has 60 valence electrons. The van der Waals surface area contributed by atoms with Gasteiger partial charge in [-0.2, -0.15) is 0 Å². The normalized spacial score (nSPS) is 10.1. The number of rotatable bonds is 1. The summed E-state index contributed by atoms with van der Waals surface area (Å²) in [5.74, 6) is -1.16. The van der Waals surface area contributed by atoms with Crippen molar-refractivity contribution in [3.63, 3.8) is 0 Å². The second kappa shape index (κ2) is 3.07. The van der Waals surface area contributed by atoms with E-state index < -0.39 is 11.6 Å². The Morgan fingerprint density at radius 1 is 1.55 bits per heavy atom. The molecule has 0 atom stereocenters. The molecule has 0 aliphatic heterocycles. The van der Waals surface area contributed by atoms with Crippen LogP contribution >= 0.6 is 11.6 Å². The first kappa shape index (κ1) is 8.30. The highest BCUT2D eigenvalue weighted by molar-refractivity contribution is 6.31. The first-order valence-electron chi connectivity index (χ1n) is 3.02. The van der Waals surface area contributed by atoms with Crippen molar-refractivity contribution in [3.05, 3.63) is 28.5 Å². The summed E-state index contributed by atoms with van der Waals surface area (Å²) >= 11 is 5.59. The van der Waals surface area contributed by atoms with E-state index in [1.807, 2.05) is 0 Å². The minimum atomic E-state index is -0.699. The van der Waals surface area contributed by atoms with E-state index in [-0.39, 0.29) is 17.1 Å². The molecular weight excluding hydrogens is 169 g/mol. The smallest absolute Gasteiger partial charge is 0.165 e. The summed E-state index contributed by atoms with van der Waals surface area (Å²) < 4.78 is 12.6. The number of hydrogen-bond acceptors (Lipinski definition) is 2. The summed E-state index contributed by atoms with van der Waals surface area (Å²) in [4.78, 5) is 0. The number of nitrogens with two attached hydrogens (primary N) is 1. The molecule has 0 amide bonds. The quantitative estimate of drug-likeness (QED) is 0.682. The lowest BCUT2D eigenvalue weighted by molar-refractivity contribution is 0.426. The Labute approximate surface area is 68.4 Å². The lowest BCUT2D eigenvalue weighted by Crippen LogP contribution is -1.98. The van der Waals surface area contributed by atoms with E-state index in [0.717, 1.165) is 6.07 Å². The van der Waals surface area contributed by atoms with Crippen LogP contribution < -0.4 is 5.73 Å². The fourth-order valence-corrected chi connectivity index (χ4v) is 1.01. The molecule has 0 heterocycles. The summed E-state index contributed by atoms with van der Waals surface area (Å²) in [6.07, 6.45) is 0. The van der Waals surface area contributed by atoms with Gasteiger partial charge in [0.25, 0.3) is 0 Å². The van der Waals surface area contributed by atoms with Gasteiger partial charge >= 0.3 is 0 Å². The number of aromatic hydroxyl groups is 1. The Morgan fingerprint density at radius 2 is 2.18 bits per heavy atom. The van der Waals surface area contributed by atoms with Gasteiger partial charge in [0.2, 0.25) is 0 Å². The van der Waals surface area contributed by atoms with E-state index in [9.17, 15) is 4.39 Å². The van der Waals surface area contributed by atoms with Crippen LogP contribution in [-0.2, 0) is 6.54 Å². The zero-order chi connectivity index (χ0) is 8.43. The van der Waals surface area contributed by atoms with E-state index in [1.165, 1.54) is 6.07 Å². The average molecular weight is 176 g/mol. The molecule has 1 aromatic carbocycles. The van der Waals surface area contributed by atoms with Crippen LogP contribution in [0, 0.1) is 5.82 Å². The molecule has 0 unspecified atom stereocenters. The van der Waals surface area contributed by atoms with Crippen LogP contribution in [0.15, 0.2) is 12.1 Å². The zero-order valence-electron chi connectivity index (χ0n) is 5.64. The van der Waals surface area contributed by atoms with E-state index in [2.05, 4.69) is 0 Å². The molecule has 0 spiro atoms. The van der Waals surface area contributed by atoms with E-state index in [4.69, 9.17) is 22.4 Å². The zero-order valence-corrected chi connectivity index (χ0v) is 6.40. The van der Waals surface area contributed by atoms with Crippen LogP contribution in [-0.4, -0.2) is 5.11 Å². The molecule has 0 aliphatic carbocycles. The predicted octanol–water partition coefficient (Wildman–Crippen LogP) is 1.64. The molecule has 1 rings (SSSR count). The highest BCUT2D eigenvalue weighted by atomic mass is 35.5.